The van der Waals surface area contributed by atoms with E-state index < -0.39 is 0 Å². The van der Waals surface area contributed by atoms with Gasteiger partial charge in [0.2, 0.25) is 0 Å². The van der Waals surface area contributed by atoms with Gasteiger partial charge >= 0.3 is 0 Å². The van der Waals surface area contributed by atoms with Crippen LogP contribution in [0.2, 0.25) is 0 Å². The SMILES string of the molecule is C=CCCC1CCC(C2CCC(COC)CC2)CC1. The molecule has 1 heteroatoms. The van der Waals surface area contributed by atoms with Gasteiger partial charge < -0.3 is 4.74 Å². The first-order chi connectivity index (χ1) is 9.33. The van der Waals surface area contributed by atoms with Gasteiger partial charge in [-0.25, -0.2) is 0 Å². The molecule has 2 rings (SSSR count). The smallest absolute Gasteiger partial charge is 0.0490 e. The predicted octanol–water partition coefficient (Wildman–Crippen LogP) is 5.21. The normalized spacial score (nSPS) is 36.1. The molecule has 0 aliphatic heterocycles. The molecule has 0 aromatic heterocycles. The zero-order chi connectivity index (χ0) is 13.5. The molecule has 0 amide bonds. The minimum Gasteiger partial charge on any atom is -0.384 e. The van der Waals surface area contributed by atoms with Crippen molar-refractivity contribution in [3.05, 3.63) is 12.7 Å². The third kappa shape index (κ3) is 4.63. The van der Waals surface area contributed by atoms with Crippen LogP contribution < -0.4 is 0 Å². The summed E-state index contributed by atoms with van der Waals surface area (Å²) in [5.41, 5.74) is 0. The van der Waals surface area contributed by atoms with Crippen LogP contribution in [0.1, 0.15) is 64.2 Å². The van der Waals surface area contributed by atoms with Gasteiger partial charge in [-0.1, -0.05) is 18.9 Å². The largest absolute Gasteiger partial charge is 0.384 e. The number of hydrogen-bond donors (Lipinski definition) is 0. The Morgan fingerprint density at radius 1 is 0.895 bits per heavy atom. The first-order valence-electron chi connectivity index (χ1n) is 8.43. The summed E-state index contributed by atoms with van der Waals surface area (Å²) in [5, 5.41) is 0. The van der Waals surface area contributed by atoms with Crippen LogP contribution in [0.5, 0.6) is 0 Å². The maximum absolute atomic E-state index is 5.31. The lowest BCUT2D eigenvalue weighted by atomic mass is 9.69. The summed E-state index contributed by atoms with van der Waals surface area (Å²) in [6, 6.07) is 0. The fourth-order valence-electron chi connectivity index (χ4n) is 4.36. The van der Waals surface area contributed by atoms with Gasteiger partial charge in [-0.05, 0) is 75.0 Å². The third-order valence-electron chi connectivity index (χ3n) is 5.63. The van der Waals surface area contributed by atoms with E-state index >= 15 is 0 Å². The maximum Gasteiger partial charge on any atom is 0.0490 e. The molecule has 19 heavy (non-hydrogen) atoms. The van der Waals surface area contributed by atoms with E-state index in [0.717, 1.165) is 30.3 Å². The summed E-state index contributed by atoms with van der Waals surface area (Å²) in [7, 11) is 1.84. The third-order valence-corrected chi connectivity index (χ3v) is 5.63. The van der Waals surface area contributed by atoms with Crippen LogP contribution in [0.3, 0.4) is 0 Å². The predicted molar refractivity (Wildman–Crippen MR) is 82.2 cm³/mol. The van der Waals surface area contributed by atoms with E-state index in [2.05, 4.69) is 12.7 Å². The lowest BCUT2D eigenvalue weighted by Crippen LogP contribution is -2.27. The van der Waals surface area contributed by atoms with Gasteiger partial charge in [0.05, 0.1) is 0 Å². The van der Waals surface area contributed by atoms with Gasteiger partial charge in [0.15, 0.2) is 0 Å². The highest BCUT2D eigenvalue weighted by molar-refractivity contribution is 4.82. The van der Waals surface area contributed by atoms with Gasteiger partial charge in [-0.3, -0.25) is 0 Å². The molecule has 2 fully saturated rings. The van der Waals surface area contributed by atoms with E-state index in [1.807, 2.05) is 7.11 Å². The first-order valence-corrected chi connectivity index (χ1v) is 8.43. The summed E-state index contributed by atoms with van der Waals surface area (Å²) < 4.78 is 5.31. The van der Waals surface area contributed by atoms with Crippen LogP contribution in [0, 0.1) is 23.7 Å². The molecule has 2 aliphatic rings. The molecular formula is C18H32O. The van der Waals surface area contributed by atoms with E-state index in [-0.39, 0.29) is 0 Å². The summed E-state index contributed by atoms with van der Waals surface area (Å²) in [6.45, 7) is 4.83. The lowest BCUT2D eigenvalue weighted by Gasteiger charge is -2.37. The molecule has 0 atom stereocenters. The van der Waals surface area contributed by atoms with Gasteiger partial charge in [0, 0.05) is 13.7 Å². The minimum absolute atomic E-state index is 0.852. The highest BCUT2D eigenvalue weighted by Crippen LogP contribution is 2.42. The Morgan fingerprint density at radius 2 is 1.42 bits per heavy atom. The number of methoxy groups -OCH3 is 1. The quantitative estimate of drug-likeness (QED) is 0.598. The van der Waals surface area contributed by atoms with Crippen LogP contribution >= 0.6 is 0 Å². The molecular weight excluding hydrogens is 232 g/mol. The van der Waals surface area contributed by atoms with Crippen LogP contribution in [-0.2, 0) is 4.74 Å². The van der Waals surface area contributed by atoms with Crippen molar-refractivity contribution in [2.45, 2.75) is 64.2 Å². The van der Waals surface area contributed by atoms with Crippen molar-refractivity contribution in [1.29, 1.82) is 0 Å². The maximum atomic E-state index is 5.31. The molecule has 2 aliphatic carbocycles. The van der Waals surface area contributed by atoms with Crippen molar-refractivity contribution in [2.24, 2.45) is 23.7 Å². The van der Waals surface area contributed by atoms with Gasteiger partial charge in [-0.15, -0.1) is 6.58 Å². The van der Waals surface area contributed by atoms with E-state index in [4.69, 9.17) is 4.74 Å². The molecule has 0 saturated heterocycles. The zero-order valence-corrected chi connectivity index (χ0v) is 12.8. The molecule has 0 bridgehead atoms. The molecule has 1 nitrogen and oxygen atoms in total. The van der Waals surface area contributed by atoms with Crippen molar-refractivity contribution < 1.29 is 4.74 Å². The first kappa shape index (κ1) is 15.1. The van der Waals surface area contributed by atoms with Crippen LogP contribution in [0.15, 0.2) is 12.7 Å². The average Bonchev–Trinajstić information content (AvgIpc) is 2.47. The van der Waals surface area contributed by atoms with Gasteiger partial charge in [0.25, 0.3) is 0 Å². The molecule has 110 valence electrons. The number of allylic oxidation sites excluding steroid dienone is 1. The number of ether oxygens (including phenoxy) is 1. The Bertz CT molecular complexity index is 244. The van der Waals surface area contributed by atoms with E-state index in [9.17, 15) is 0 Å². The Hall–Kier alpha value is -0.300. The molecule has 0 spiro atoms. The monoisotopic (exact) mass is 264 g/mol. The molecule has 2 saturated carbocycles. The van der Waals surface area contributed by atoms with Crippen molar-refractivity contribution in [3.8, 4) is 0 Å². The van der Waals surface area contributed by atoms with Crippen molar-refractivity contribution in [2.75, 3.05) is 13.7 Å². The summed E-state index contributed by atoms with van der Waals surface area (Å²) in [6.07, 6.45) is 16.4. The topological polar surface area (TPSA) is 9.23 Å². The number of rotatable bonds is 6. The molecule has 0 radical (unpaired) electrons. The average molecular weight is 264 g/mol. The fourth-order valence-corrected chi connectivity index (χ4v) is 4.36. The Balaban J connectivity index is 1.66. The van der Waals surface area contributed by atoms with E-state index in [1.165, 1.54) is 64.2 Å². The second-order valence-corrected chi connectivity index (χ2v) is 6.88. The molecule has 0 heterocycles. The zero-order valence-electron chi connectivity index (χ0n) is 12.8. The van der Waals surface area contributed by atoms with Crippen molar-refractivity contribution in [3.63, 3.8) is 0 Å². The van der Waals surface area contributed by atoms with E-state index in [1.54, 1.807) is 0 Å². The highest BCUT2D eigenvalue weighted by Gasteiger charge is 2.30. The lowest BCUT2D eigenvalue weighted by molar-refractivity contribution is 0.0928. The fraction of sp³-hybridized carbons (Fsp3) is 0.889. The van der Waals surface area contributed by atoms with Crippen LogP contribution in [0.25, 0.3) is 0 Å². The number of hydrogen-bond acceptors (Lipinski definition) is 1. The second kappa shape index (κ2) is 8.09. The Labute approximate surface area is 119 Å². The van der Waals surface area contributed by atoms with Crippen molar-refractivity contribution in [1.82, 2.24) is 0 Å². The van der Waals surface area contributed by atoms with Crippen molar-refractivity contribution >= 4 is 0 Å². The molecule has 0 aromatic rings. The summed E-state index contributed by atoms with van der Waals surface area (Å²) in [4.78, 5) is 0. The Morgan fingerprint density at radius 3 is 1.89 bits per heavy atom. The molecule has 0 unspecified atom stereocenters. The highest BCUT2D eigenvalue weighted by atomic mass is 16.5. The molecule has 0 aromatic carbocycles. The summed E-state index contributed by atoms with van der Waals surface area (Å²) in [5.74, 6) is 3.93. The van der Waals surface area contributed by atoms with Crippen LogP contribution in [-0.4, -0.2) is 13.7 Å². The minimum atomic E-state index is 0.852. The Kier molecular flexibility index (Phi) is 6.43. The van der Waals surface area contributed by atoms with Crippen LogP contribution in [0.4, 0.5) is 0 Å². The second-order valence-electron chi connectivity index (χ2n) is 6.88. The summed E-state index contributed by atoms with van der Waals surface area (Å²) >= 11 is 0. The van der Waals surface area contributed by atoms with E-state index in [0.29, 0.717) is 0 Å². The van der Waals surface area contributed by atoms with Gasteiger partial charge in [0.1, 0.15) is 0 Å². The molecule has 0 N–H and O–H groups in total. The standard InChI is InChI=1S/C18H32O/c1-3-4-5-15-6-10-17(11-7-15)18-12-8-16(9-13-18)14-19-2/h3,15-18H,1,4-14H2,2H3. The van der Waals surface area contributed by atoms with Gasteiger partial charge in [-0.2, -0.15) is 0 Å².